The Bertz CT molecular complexity index is 566. The van der Waals surface area contributed by atoms with Crippen LogP contribution in [0.15, 0.2) is 42.7 Å². The van der Waals surface area contributed by atoms with Crippen molar-refractivity contribution in [2.75, 3.05) is 0 Å². The van der Waals surface area contributed by atoms with Crippen LogP contribution in [-0.2, 0) is 12.0 Å². The van der Waals surface area contributed by atoms with E-state index in [2.05, 4.69) is 25.8 Å². The first-order valence-corrected chi connectivity index (χ1v) is 6.84. The van der Waals surface area contributed by atoms with Gasteiger partial charge in [-0.1, -0.05) is 26.8 Å². The molecule has 2 aromatic rings. The van der Waals surface area contributed by atoms with Crippen molar-refractivity contribution in [2.45, 2.75) is 39.2 Å². The van der Waals surface area contributed by atoms with Gasteiger partial charge >= 0.3 is 0 Å². The number of nitrogens with zero attached hydrogens (tertiary/aromatic N) is 1. The van der Waals surface area contributed by atoms with E-state index in [9.17, 15) is 4.39 Å². The van der Waals surface area contributed by atoms with E-state index in [1.165, 1.54) is 0 Å². The van der Waals surface area contributed by atoms with Crippen molar-refractivity contribution in [2.24, 2.45) is 0 Å². The Kier molecular flexibility index (Phi) is 4.38. The molecule has 0 N–H and O–H groups in total. The molecule has 1 heterocycles. The van der Waals surface area contributed by atoms with Crippen molar-refractivity contribution in [3.63, 3.8) is 0 Å². The highest BCUT2D eigenvalue weighted by atomic mass is 19.1. The Morgan fingerprint density at radius 1 is 1.15 bits per heavy atom. The molecule has 0 atom stereocenters. The molecule has 0 saturated carbocycles. The minimum absolute atomic E-state index is 0.0233. The summed E-state index contributed by atoms with van der Waals surface area (Å²) in [6, 6.07) is 8.93. The summed E-state index contributed by atoms with van der Waals surface area (Å²) in [5, 5.41) is 0. The Morgan fingerprint density at radius 3 is 2.45 bits per heavy atom. The summed E-state index contributed by atoms with van der Waals surface area (Å²) in [7, 11) is 0. The zero-order valence-electron chi connectivity index (χ0n) is 12.2. The van der Waals surface area contributed by atoms with Gasteiger partial charge in [0.15, 0.2) is 11.6 Å². The van der Waals surface area contributed by atoms with Crippen molar-refractivity contribution in [1.29, 1.82) is 0 Å². The van der Waals surface area contributed by atoms with E-state index in [1.807, 2.05) is 18.2 Å². The van der Waals surface area contributed by atoms with E-state index in [1.54, 1.807) is 24.5 Å². The van der Waals surface area contributed by atoms with E-state index in [4.69, 9.17) is 4.74 Å². The van der Waals surface area contributed by atoms with Crippen LogP contribution in [0.1, 0.15) is 38.3 Å². The van der Waals surface area contributed by atoms with Gasteiger partial charge in [-0.05, 0) is 47.2 Å². The Labute approximate surface area is 119 Å². The largest absolute Gasteiger partial charge is 0.486 e. The molecule has 0 bridgehead atoms. The average Bonchev–Trinajstić information content (AvgIpc) is 2.47. The number of aromatic nitrogens is 1. The molecule has 1 aromatic carbocycles. The summed E-state index contributed by atoms with van der Waals surface area (Å²) >= 11 is 0. The van der Waals surface area contributed by atoms with Gasteiger partial charge < -0.3 is 4.74 Å². The number of pyridine rings is 1. The van der Waals surface area contributed by atoms with Crippen LogP contribution in [0.25, 0.3) is 0 Å². The highest BCUT2D eigenvalue weighted by Crippen LogP contribution is 2.30. The molecule has 0 aliphatic rings. The molecule has 0 radical (unpaired) electrons. The number of halogens is 1. The van der Waals surface area contributed by atoms with Gasteiger partial charge in [-0.15, -0.1) is 0 Å². The van der Waals surface area contributed by atoms with Gasteiger partial charge in [-0.25, -0.2) is 4.39 Å². The minimum atomic E-state index is -0.307. The minimum Gasteiger partial charge on any atom is -0.486 e. The number of benzene rings is 1. The van der Waals surface area contributed by atoms with Gasteiger partial charge in [-0.3, -0.25) is 4.98 Å². The van der Waals surface area contributed by atoms with Crippen LogP contribution < -0.4 is 4.74 Å². The highest BCUT2D eigenvalue weighted by Gasteiger charge is 2.19. The molecular weight excluding hydrogens is 253 g/mol. The first-order chi connectivity index (χ1) is 9.53. The SMILES string of the molecule is CCC(C)(C)c1ccc(OCc2ccncc2)c(F)c1. The average molecular weight is 273 g/mol. The smallest absolute Gasteiger partial charge is 0.165 e. The van der Waals surface area contributed by atoms with E-state index < -0.39 is 0 Å². The van der Waals surface area contributed by atoms with Gasteiger partial charge in [0.25, 0.3) is 0 Å². The molecular formula is C17H20FNO. The molecule has 106 valence electrons. The first kappa shape index (κ1) is 14.5. The summed E-state index contributed by atoms with van der Waals surface area (Å²) in [6.07, 6.45) is 4.35. The molecule has 0 fully saturated rings. The zero-order chi connectivity index (χ0) is 14.6. The lowest BCUT2D eigenvalue weighted by molar-refractivity contribution is 0.289. The second-order valence-electron chi connectivity index (χ2n) is 5.53. The third-order valence-electron chi connectivity index (χ3n) is 3.74. The van der Waals surface area contributed by atoms with E-state index >= 15 is 0 Å². The zero-order valence-corrected chi connectivity index (χ0v) is 12.2. The van der Waals surface area contributed by atoms with E-state index in [-0.39, 0.29) is 17.0 Å². The summed E-state index contributed by atoms with van der Waals surface area (Å²) in [5.41, 5.74) is 1.94. The molecule has 0 unspecified atom stereocenters. The first-order valence-electron chi connectivity index (χ1n) is 6.84. The molecule has 0 amide bonds. The molecule has 0 aliphatic carbocycles. The third-order valence-corrected chi connectivity index (χ3v) is 3.74. The number of rotatable bonds is 5. The van der Waals surface area contributed by atoms with Crippen molar-refractivity contribution in [3.8, 4) is 5.75 Å². The fraction of sp³-hybridized carbons (Fsp3) is 0.353. The van der Waals surface area contributed by atoms with Gasteiger partial charge in [0.05, 0.1) is 0 Å². The lowest BCUT2D eigenvalue weighted by Gasteiger charge is -2.23. The predicted molar refractivity (Wildman–Crippen MR) is 78.3 cm³/mol. The van der Waals surface area contributed by atoms with Gasteiger partial charge in [0.2, 0.25) is 0 Å². The number of hydrogen-bond acceptors (Lipinski definition) is 2. The lowest BCUT2D eigenvalue weighted by Crippen LogP contribution is -2.15. The molecule has 2 nitrogen and oxygen atoms in total. The lowest BCUT2D eigenvalue weighted by atomic mass is 9.82. The molecule has 0 spiro atoms. The fourth-order valence-corrected chi connectivity index (χ4v) is 1.88. The summed E-state index contributed by atoms with van der Waals surface area (Å²) in [4.78, 5) is 3.94. The van der Waals surface area contributed by atoms with Crippen molar-refractivity contribution >= 4 is 0 Å². The van der Waals surface area contributed by atoms with Crippen LogP contribution in [0.5, 0.6) is 5.75 Å². The topological polar surface area (TPSA) is 22.1 Å². The highest BCUT2D eigenvalue weighted by molar-refractivity contribution is 5.33. The Balaban J connectivity index is 2.11. The summed E-state index contributed by atoms with van der Waals surface area (Å²) in [5.74, 6) is -0.0180. The second-order valence-corrected chi connectivity index (χ2v) is 5.53. The molecule has 3 heteroatoms. The fourth-order valence-electron chi connectivity index (χ4n) is 1.88. The Hall–Kier alpha value is -1.90. The quantitative estimate of drug-likeness (QED) is 0.801. The molecule has 1 aromatic heterocycles. The van der Waals surface area contributed by atoms with Crippen LogP contribution in [0.2, 0.25) is 0 Å². The predicted octanol–water partition coefficient (Wildman–Crippen LogP) is 4.49. The van der Waals surface area contributed by atoms with Crippen LogP contribution in [-0.4, -0.2) is 4.98 Å². The number of ether oxygens (including phenoxy) is 1. The molecule has 0 aliphatic heterocycles. The Morgan fingerprint density at radius 2 is 1.85 bits per heavy atom. The summed E-state index contributed by atoms with van der Waals surface area (Å²) in [6.45, 7) is 6.67. The van der Waals surface area contributed by atoms with Gasteiger partial charge in [-0.2, -0.15) is 0 Å². The van der Waals surface area contributed by atoms with E-state index in [0.717, 1.165) is 17.5 Å². The third kappa shape index (κ3) is 3.35. The van der Waals surface area contributed by atoms with Gasteiger partial charge in [0, 0.05) is 12.4 Å². The monoisotopic (exact) mass is 273 g/mol. The standard InChI is InChI=1S/C17H20FNO/c1-4-17(2,3)14-5-6-16(15(18)11-14)20-12-13-7-9-19-10-8-13/h5-11H,4,12H2,1-3H3. The van der Waals surface area contributed by atoms with Gasteiger partial charge in [0.1, 0.15) is 6.61 Å². The summed E-state index contributed by atoms with van der Waals surface area (Å²) < 4.78 is 19.6. The maximum absolute atomic E-state index is 14.1. The van der Waals surface area contributed by atoms with Crippen LogP contribution in [0.3, 0.4) is 0 Å². The second kappa shape index (κ2) is 6.04. The van der Waals surface area contributed by atoms with Crippen molar-refractivity contribution in [1.82, 2.24) is 4.98 Å². The van der Waals surface area contributed by atoms with Crippen molar-refractivity contribution < 1.29 is 9.13 Å². The molecule has 20 heavy (non-hydrogen) atoms. The maximum Gasteiger partial charge on any atom is 0.165 e. The maximum atomic E-state index is 14.1. The van der Waals surface area contributed by atoms with Crippen LogP contribution >= 0.6 is 0 Å². The van der Waals surface area contributed by atoms with E-state index in [0.29, 0.717) is 6.61 Å². The normalized spacial score (nSPS) is 11.4. The number of hydrogen-bond donors (Lipinski definition) is 0. The molecule has 2 rings (SSSR count). The van der Waals surface area contributed by atoms with Crippen LogP contribution in [0.4, 0.5) is 4.39 Å². The molecule has 0 saturated heterocycles. The van der Waals surface area contributed by atoms with Crippen molar-refractivity contribution in [3.05, 3.63) is 59.7 Å². The van der Waals surface area contributed by atoms with Crippen LogP contribution in [0, 0.1) is 5.82 Å².